The first-order valence-electron chi connectivity index (χ1n) is 5.40. The van der Waals surface area contributed by atoms with E-state index < -0.39 is 0 Å². The molecule has 2 aromatic carbocycles. The number of amides is 1. The topological polar surface area (TPSA) is 29.1 Å². The predicted octanol–water partition coefficient (Wildman–Crippen LogP) is 4.31. The van der Waals surface area contributed by atoms with Crippen molar-refractivity contribution < 1.29 is 4.79 Å². The average molecular weight is 278 g/mol. The van der Waals surface area contributed by atoms with E-state index >= 15 is 0 Å². The molecule has 0 aliphatic carbocycles. The molecule has 18 heavy (non-hydrogen) atoms. The first-order chi connectivity index (χ1) is 8.69. The van der Waals surface area contributed by atoms with Crippen LogP contribution in [0.15, 0.2) is 53.4 Å². The lowest BCUT2D eigenvalue weighted by Crippen LogP contribution is -2.11. The minimum absolute atomic E-state index is 0.157. The van der Waals surface area contributed by atoms with E-state index in [1.165, 1.54) is 0 Å². The van der Waals surface area contributed by atoms with Crippen molar-refractivity contribution in [3.63, 3.8) is 0 Å². The molecule has 0 aromatic heterocycles. The molecule has 0 atom stereocenters. The quantitative estimate of drug-likeness (QED) is 0.847. The first-order valence-corrected chi connectivity index (χ1v) is 7.00. The van der Waals surface area contributed by atoms with Gasteiger partial charge in [0.25, 0.3) is 5.91 Å². The molecule has 0 spiro atoms. The van der Waals surface area contributed by atoms with Gasteiger partial charge in [0.05, 0.1) is 0 Å². The molecule has 0 aliphatic heterocycles. The molecule has 0 saturated heterocycles. The third-order valence-electron chi connectivity index (χ3n) is 2.41. The van der Waals surface area contributed by atoms with Gasteiger partial charge in [0.1, 0.15) is 0 Å². The Balaban J connectivity index is 2.16. The van der Waals surface area contributed by atoms with E-state index in [0.717, 1.165) is 10.6 Å². The predicted molar refractivity (Wildman–Crippen MR) is 77.6 cm³/mol. The molecule has 0 heterocycles. The molecule has 0 bridgehead atoms. The Bertz CT molecular complexity index is 571. The minimum Gasteiger partial charge on any atom is -0.322 e. The van der Waals surface area contributed by atoms with Gasteiger partial charge in [-0.15, -0.1) is 11.8 Å². The van der Waals surface area contributed by atoms with Crippen LogP contribution in [-0.4, -0.2) is 12.2 Å². The number of hydrogen-bond acceptors (Lipinski definition) is 2. The van der Waals surface area contributed by atoms with Gasteiger partial charge in [0, 0.05) is 21.2 Å². The van der Waals surface area contributed by atoms with Crippen LogP contribution in [0.4, 0.5) is 5.69 Å². The molecule has 0 radical (unpaired) electrons. The van der Waals surface area contributed by atoms with E-state index in [4.69, 9.17) is 11.6 Å². The number of hydrogen-bond donors (Lipinski definition) is 1. The molecule has 2 aromatic rings. The number of anilines is 1. The molecule has 2 nitrogen and oxygen atoms in total. The summed E-state index contributed by atoms with van der Waals surface area (Å²) >= 11 is 7.49. The number of thioether (sulfide) groups is 1. The Morgan fingerprint density at radius 1 is 1.17 bits per heavy atom. The molecular formula is C14H12ClNOS. The van der Waals surface area contributed by atoms with E-state index in [9.17, 15) is 4.79 Å². The van der Waals surface area contributed by atoms with Gasteiger partial charge in [-0.25, -0.2) is 0 Å². The summed E-state index contributed by atoms with van der Waals surface area (Å²) in [7, 11) is 0. The van der Waals surface area contributed by atoms with Crippen LogP contribution in [0.5, 0.6) is 0 Å². The monoisotopic (exact) mass is 277 g/mol. The first kappa shape index (κ1) is 13.0. The van der Waals surface area contributed by atoms with Gasteiger partial charge in [-0.3, -0.25) is 4.79 Å². The second-order valence-corrected chi connectivity index (χ2v) is 5.01. The maximum absolute atomic E-state index is 12.0. The number of benzene rings is 2. The molecule has 1 N–H and O–H groups in total. The van der Waals surface area contributed by atoms with Gasteiger partial charge in [-0.1, -0.05) is 23.7 Å². The fraction of sp³-hybridized carbons (Fsp3) is 0.0714. The van der Waals surface area contributed by atoms with Crippen LogP contribution in [0.1, 0.15) is 10.4 Å². The fourth-order valence-electron chi connectivity index (χ4n) is 1.53. The van der Waals surface area contributed by atoms with Crippen molar-refractivity contribution >= 4 is 35.0 Å². The van der Waals surface area contributed by atoms with Crippen LogP contribution in [0.3, 0.4) is 0 Å². The zero-order valence-electron chi connectivity index (χ0n) is 9.81. The SMILES string of the molecule is CSc1cccc(NC(=O)c2cccc(Cl)c2)c1. The van der Waals surface area contributed by atoms with Crippen molar-refractivity contribution in [1.29, 1.82) is 0 Å². The van der Waals surface area contributed by atoms with E-state index in [1.54, 1.807) is 36.0 Å². The number of nitrogens with one attached hydrogen (secondary N) is 1. The number of rotatable bonds is 3. The lowest BCUT2D eigenvalue weighted by molar-refractivity contribution is 0.102. The number of carbonyl (C=O) groups excluding carboxylic acids is 1. The standard InChI is InChI=1S/C14H12ClNOS/c1-18-13-7-3-6-12(9-13)16-14(17)10-4-2-5-11(15)8-10/h2-9H,1H3,(H,16,17). The average Bonchev–Trinajstić information content (AvgIpc) is 2.39. The van der Waals surface area contributed by atoms with Crippen molar-refractivity contribution in [2.45, 2.75) is 4.90 Å². The van der Waals surface area contributed by atoms with Crippen LogP contribution in [0.25, 0.3) is 0 Å². The van der Waals surface area contributed by atoms with E-state index in [1.807, 2.05) is 30.5 Å². The highest BCUT2D eigenvalue weighted by Crippen LogP contribution is 2.20. The summed E-state index contributed by atoms with van der Waals surface area (Å²) in [4.78, 5) is 13.1. The van der Waals surface area contributed by atoms with Gasteiger partial charge in [-0.2, -0.15) is 0 Å². The van der Waals surface area contributed by atoms with Gasteiger partial charge in [-0.05, 0) is 42.7 Å². The molecular weight excluding hydrogens is 266 g/mol. The lowest BCUT2D eigenvalue weighted by Gasteiger charge is -2.06. The van der Waals surface area contributed by atoms with Crippen molar-refractivity contribution in [1.82, 2.24) is 0 Å². The summed E-state index contributed by atoms with van der Waals surface area (Å²) in [6.45, 7) is 0. The van der Waals surface area contributed by atoms with E-state index in [2.05, 4.69) is 5.32 Å². The molecule has 0 aliphatic rings. The van der Waals surface area contributed by atoms with Crippen molar-refractivity contribution in [3.8, 4) is 0 Å². The van der Waals surface area contributed by atoms with Gasteiger partial charge >= 0.3 is 0 Å². The molecule has 4 heteroatoms. The Morgan fingerprint density at radius 2 is 1.94 bits per heavy atom. The summed E-state index contributed by atoms with van der Waals surface area (Å²) in [6, 6.07) is 14.6. The van der Waals surface area contributed by atoms with Crippen LogP contribution in [-0.2, 0) is 0 Å². The highest BCUT2D eigenvalue weighted by molar-refractivity contribution is 7.98. The molecule has 1 amide bonds. The Kier molecular flexibility index (Phi) is 4.28. The van der Waals surface area contributed by atoms with Crippen molar-refractivity contribution in [2.75, 3.05) is 11.6 Å². The molecule has 92 valence electrons. The van der Waals surface area contributed by atoms with Crippen LogP contribution < -0.4 is 5.32 Å². The van der Waals surface area contributed by atoms with Gasteiger partial charge in [0.15, 0.2) is 0 Å². The Morgan fingerprint density at radius 3 is 2.67 bits per heavy atom. The molecule has 0 fully saturated rings. The zero-order chi connectivity index (χ0) is 13.0. The summed E-state index contributed by atoms with van der Waals surface area (Å²) in [5.41, 5.74) is 1.34. The lowest BCUT2D eigenvalue weighted by atomic mass is 10.2. The second kappa shape index (κ2) is 5.94. The summed E-state index contributed by atoms with van der Waals surface area (Å²) in [5.74, 6) is -0.157. The summed E-state index contributed by atoms with van der Waals surface area (Å²) in [6.07, 6.45) is 2.00. The summed E-state index contributed by atoms with van der Waals surface area (Å²) < 4.78 is 0. The highest BCUT2D eigenvalue weighted by Gasteiger charge is 2.06. The number of halogens is 1. The Labute approximate surface area is 115 Å². The normalized spacial score (nSPS) is 10.1. The van der Waals surface area contributed by atoms with E-state index in [-0.39, 0.29) is 5.91 Å². The largest absolute Gasteiger partial charge is 0.322 e. The van der Waals surface area contributed by atoms with Crippen molar-refractivity contribution in [3.05, 3.63) is 59.1 Å². The van der Waals surface area contributed by atoms with Crippen LogP contribution in [0.2, 0.25) is 5.02 Å². The van der Waals surface area contributed by atoms with E-state index in [0.29, 0.717) is 10.6 Å². The second-order valence-electron chi connectivity index (χ2n) is 3.70. The third-order valence-corrected chi connectivity index (χ3v) is 3.37. The smallest absolute Gasteiger partial charge is 0.255 e. The maximum atomic E-state index is 12.0. The van der Waals surface area contributed by atoms with Gasteiger partial charge in [0.2, 0.25) is 0 Å². The summed E-state index contributed by atoms with van der Waals surface area (Å²) in [5, 5.41) is 3.41. The minimum atomic E-state index is -0.157. The van der Waals surface area contributed by atoms with Crippen molar-refractivity contribution in [2.24, 2.45) is 0 Å². The third kappa shape index (κ3) is 3.28. The molecule has 2 rings (SSSR count). The zero-order valence-corrected chi connectivity index (χ0v) is 11.4. The van der Waals surface area contributed by atoms with Crippen LogP contribution >= 0.6 is 23.4 Å². The fourth-order valence-corrected chi connectivity index (χ4v) is 2.18. The number of carbonyl (C=O) groups is 1. The van der Waals surface area contributed by atoms with Crippen LogP contribution in [0, 0.1) is 0 Å². The molecule has 0 saturated carbocycles. The van der Waals surface area contributed by atoms with Gasteiger partial charge < -0.3 is 5.32 Å². The Hall–Kier alpha value is -1.45. The highest BCUT2D eigenvalue weighted by atomic mass is 35.5. The maximum Gasteiger partial charge on any atom is 0.255 e. The molecule has 0 unspecified atom stereocenters.